The van der Waals surface area contributed by atoms with Crippen molar-refractivity contribution in [1.82, 2.24) is 9.59 Å². The second-order valence-electron chi connectivity index (χ2n) is 5.41. The largest absolute Gasteiger partial charge is 0.491 e. The van der Waals surface area contributed by atoms with Crippen molar-refractivity contribution in [2.24, 2.45) is 0 Å². The van der Waals surface area contributed by atoms with E-state index in [0.717, 1.165) is 35.8 Å². The number of amides is 1. The Balaban J connectivity index is 1.73. The molecule has 0 radical (unpaired) electrons. The van der Waals surface area contributed by atoms with Gasteiger partial charge in [-0.3, -0.25) is 4.79 Å². The highest BCUT2D eigenvalue weighted by Crippen LogP contribution is 2.41. The third-order valence-electron chi connectivity index (χ3n) is 3.15. The number of nitrogens with zero attached hydrogens (tertiary/aromatic N) is 2. The van der Waals surface area contributed by atoms with Crippen molar-refractivity contribution in [2.45, 2.75) is 38.7 Å². The maximum atomic E-state index is 12.3. The third-order valence-corrected chi connectivity index (χ3v) is 3.89. The van der Waals surface area contributed by atoms with Gasteiger partial charge in [-0.05, 0) is 50.4 Å². The number of anilines is 1. The summed E-state index contributed by atoms with van der Waals surface area (Å²) in [6.45, 7) is 3.94. The predicted octanol–water partition coefficient (Wildman–Crippen LogP) is 3.46. The van der Waals surface area contributed by atoms with Crippen LogP contribution in [-0.2, 0) is 0 Å². The van der Waals surface area contributed by atoms with Gasteiger partial charge in [0.05, 0.1) is 11.8 Å². The van der Waals surface area contributed by atoms with Crippen LogP contribution >= 0.6 is 11.5 Å². The van der Waals surface area contributed by atoms with Crippen LogP contribution in [0.1, 0.15) is 48.0 Å². The predicted molar refractivity (Wildman–Crippen MR) is 82.0 cm³/mol. The second kappa shape index (κ2) is 5.81. The number of carbonyl (C=O) groups is 1. The zero-order valence-corrected chi connectivity index (χ0v) is 12.8. The Hall–Kier alpha value is -1.95. The van der Waals surface area contributed by atoms with Gasteiger partial charge in [0.25, 0.3) is 5.91 Å². The van der Waals surface area contributed by atoms with E-state index >= 15 is 0 Å². The first kappa shape index (κ1) is 14.0. The van der Waals surface area contributed by atoms with Gasteiger partial charge < -0.3 is 10.1 Å². The van der Waals surface area contributed by atoms with Crippen LogP contribution in [0.25, 0.3) is 0 Å². The summed E-state index contributed by atoms with van der Waals surface area (Å²) in [5, 5.41) is 6.97. The third kappa shape index (κ3) is 3.39. The fourth-order valence-corrected chi connectivity index (χ4v) is 2.73. The van der Waals surface area contributed by atoms with E-state index < -0.39 is 0 Å². The maximum Gasteiger partial charge on any atom is 0.269 e. The molecule has 110 valence electrons. The lowest BCUT2D eigenvalue weighted by Crippen LogP contribution is -2.12. The molecule has 1 amide bonds. The van der Waals surface area contributed by atoms with Crippen LogP contribution in [0.2, 0.25) is 0 Å². The number of nitrogens with one attached hydrogen (secondary N) is 1. The van der Waals surface area contributed by atoms with E-state index in [1.807, 2.05) is 38.1 Å². The molecule has 0 spiro atoms. The first-order valence-corrected chi connectivity index (χ1v) is 7.81. The Kier molecular flexibility index (Phi) is 3.88. The number of ether oxygens (including phenoxy) is 1. The van der Waals surface area contributed by atoms with Crippen molar-refractivity contribution >= 4 is 23.1 Å². The average Bonchev–Trinajstić information content (AvgIpc) is 3.15. The summed E-state index contributed by atoms with van der Waals surface area (Å²) in [4.78, 5) is 13.0. The molecule has 3 rings (SSSR count). The summed E-state index contributed by atoms with van der Waals surface area (Å²) in [5.41, 5.74) is 1.56. The van der Waals surface area contributed by atoms with E-state index in [1.165, 1.54) is 0 Å². The van der Waals surface area contributed by atoms with Gasteiger partial charge in [-0.2, -0.15) is 0 Å². The lowest BCUT2D eigenvalue weighted by molar-refractivity contribution is 0.102. The molecule has 0 atom stereocenters. The Morgan fingerprint density at radius 3 is 2.95 bits per heavy atom. The number of carbonyl (C=O) groups excluding carboxylic acids is 1. The Morgan fingerprint density at radius 1 is 1.43 bits per heavy atom. The normalized spacial score (nSPS) is 14.2. The summed E-state index contributed by atoms with van der Waals surface area (Å²) in [6, 6.07) is 7.40. The maximum absolute atomic E-state index is 12.3. The molecule has 21 heavy (non-hydrogen) atoms. The van der Waals surface area contributed by atoms with E-state index in [-0.39, 0.29) is 12.0 Å². The second-order valence-corrected chi connectivity index (χ2v) is 6.16. The lowest BCUT2D eigenvalue weighted by Gasteiger charge is -2.11. The molecular formula is C15H17N3O2S. The highest BCUT2D eigenvalue weighted by atomic mass is 32.1. The van der Waals surface area contributed by atoms with Gasteiger partial charge in [-0.15, -0.1) is 5.10 Å². The highest BCUT2D eigenvalue weighted by molar-refractivity contribution is 7.08. The van der Waals surface area contributed by atoms with Crippen molar-refractivity contribution in [3.05, 3.63) is 34.8 Å². The smallest absolute Gasteiger partial charge is 0.269 e. The number of hydrogen-bond donors (Lipinski definition) is 1. The van der Waals surface area contributed by atoms with Crippen LogP contribution in [0.4, 0.5) is 5.69 Å². The van der Waals surface area contributed by atoms with E-state index in [1.54, 1.807) is 0 Å². The molecule has 1 aliphatic carbocycles. The van der Waals surface area contributed by atoms with Gasteiger partial charge in [-0.25, -0.2) is 0 Å². The number of hydrogen-bond acceptors (Lipinski definition) is 5. The van der Waals surface area contributed by atoms with Crippen LogP contribution in [0, 0.1) is 0 Å². The first-order chi connectivity index (χ1) is 10.1. The minimum Gasteiger partial charge on any atom is -0.491 e. The minimum atomic E-state index is -0.145. The Morgan fingerprint density at radius 2 is 2.24 bits per heavy atom. The van der Waals surface area contributed by atoms with Gasteiger partial charge in [-0.1, -0.05) is 10.6 Å². The van der Waals surface area contributed by atoms with Crippen LogP contribution in [0.5, 0.6) is 5.75 Å². The van der Waals surface area contributed by atoms with E-state index in [9.17, 15) is 4.79 Å². The van der Waals surface area contributed by atoms with Gasteiger partial charge >= 0.3 is 0 Å². The molecule has 0 saturated heterocycles. The zero-order chi connectivity index (χ0) is 14.8. The fraction of sp³-hybridized carbons (Fsp3) is 0.400. The molecule has 1 heterocycles. The molecule has 1 aromatic heterocycles. The number of benzene rings is 1. The van der Waals surface area contributed by atoms with Gasteiger partial charge in [0.1, 0.15) is 10.6 Å². The minimum absolute atomic E-state index is 0.100. The molecular weight excluding hydrogens is 286 g/mol. The van der Waals surface area contributed by atoms with Gasteiger partial charge in [0.2, 0.25) is 0 Å². The Labute approximate surface area is 127 Å². The number of rotatable bonds is 5. The molecule has 0 unspecified atom stereocenters. The molecule has 2 aromatic rings. The molecule has 1 saturated carbocycles. The van der Waals surface area contributed by atoms with E-state index in [2.05, 4.69) is 14.9 Å². The molecule has 5 nitrogen and oxygen atoms in total. The summed E-state index contributed by atoms with van der Waals surface area (Å²) in [5.74, 6) is 1.02. The van der Waals surface area contributed by atoms with Crippen molar-refractivity contribution in [3.63, 3.8) is 0 Å². The van der Waals surface area contributed by atoms with E-state index in [4.69, 9.17) is 4.74 Å². The summed E-state index contributed by atoms with van der Waals surface area (Å²) < 4.78 is 9.53. The zero-order valence-electron chi connectivity index (χ0n) is 12.0. The quantitative estimate of drug-likeness (QED) is 0.918. The van der Waals surface area contributed by atoms with Gasteiger partial charge in [0.15, 0.2) is 0 Å². The summed E-state index contributed by atoms with van der Waals surface area (Å²) in [7, 11) is 0. The first-order valence-electron chi connectivity index (χ1n) is 7.04. The van der Waals surface area contributed by atoms with Crippen LogP contribution < -0.4 is 10.1 Å². The summed E-state index contributed by atoms with van der Waals surface area (Å²) >= 11 is 1.16. The van der Waals surface area contributed by atoms with Crippen LogP contribution in [0.15, 0.2) is 24.3 Å². The van der Waals surface area contributed by atoms with E-state index in [0.29, 0.717) is 16.5 Å². The molecule has 0 aliphatic heterocycles. The molecule has 1 aliphatic rings. The SMILES string of the molecule is CC(C)Oc1cccc(NC(=O)c2snnc2C2CC2)c1. The average molecular weight is 303 g/mol. The molecule has 1 fully saturated rings. The van der Waals surface area contributed by atoms with Gasteiger partial charge in [0, 0.05) is 17.7 Å². The molecule has 0 bridgehead atoms. The fourth-order valence-electron chi connectivity index (χ4n) is 2.09. The molecule has 1 aromatic carbocycles. The van der Waals surface area contributed by atoms with Crippen molar-refractivity contribution in [1.29, 1.82) is 0 Å². The highest BCUT2D eigenvalue weighted by Gasteiger charge is 2.31. The number of aromatic nitrogens is 2. The standard InChI is InChI=1S/C15H17N3O2S/c1-9(2)20-12-5-3-4-11(8-12)16-15(19)14-13(10-6-7-10)17-18-21-14/h3-5,8-10H,6-7H2,1-2H3,(H,16,19). The van der Waals surface area contributed by atoms with Crippen LogP contribution in [0.3, 0.4) is 0 Å². The Bertz CT molecular complexity index is 650. The van der Waals surface area contributed by atoms with Crippen molar-refractivity contribution in [3.8, 4) is 5.75 Å². The molecule has 6 heteroatoms. The van der Waals surface area contributed by atoms with Crippen molar-refractivity contribution < 1.29 is 9.53 Å². The lowest BCUT2D eigenvalue weighted by atomic mass is 10.2. The van der Waals surface area contributed by atoms with Crippen LogP contribution in [-0.4, -0.2) is 21.6 Å². The topological polar surface area (TPSA) is 64.1 Å². The molecule has 1 N–H and O–H groups in total. The monoisotopic (exact) mass is 303 g/mol. The van der Waals surface area contributed by atoms with Crippen molar-refractivity contribution in [2.75, 3.05) is 5.32 Å². The summed E-state index contributed by atoms with van der Waals surface area (Å²) in [6.07, 6.45) is 2.30.